The number of H-pyrrole nitrogens is 1. The molecule has 2 aromatic heterocycles. The summed E-state index contributed by atoms with van der Waals surface area (Å²) in [5, 5.41) is 25.5. The first-order chi connectivity index (χ1) is 14.7. The van der Waals surface area contributed by atoms with E-state index in [2.05, 4.69) is 20.3 Å². The molecule has 4 rings (SSSR count). The second-order valence-electron chi connectivity index (χ2n) is 7.25. The van der Waals surface area contributed by atoms with Crippen LogP contribution in [0, 0.1) is 0 Å². The highest BCUT2D eigenvalue weighted by atomic mass is 31.2. The molecule has 2 fully saturated rings. The molecule has 1 amide bonds. The fourth-order valence-electron chi connectivity index (χ4n) is 3.60. The first-order valence-electron chi connectivity index (χ1n) is 9.43. The molecule has 0 bridgehead atoms. The van der Waals surface area contributed by atoms with Crippen molar-refractivity contribution < 1.29 is 33.7 Å². The van der Waals surface area contributed by atoms with Gasteiger partial charge in [-0.3, -0.25) is 14.4 Å². The molecule has 0 saturated carbocycles. The molecule has 0 spiro atoms. The lowest BCUT2D eigenvalue weighted by atomic mass is 10.1. The monoisotopic (exact) mass is 459 g/mol. The zero-order chi connectivity index (χ0) is 22.3. The van der Waals surface area contributed by atoms with E-state index in [1.54, 1.807) is 0 Å². The number of ether oxygens (including phenoxy) is 1. The second kappa shape index (κ2) is 8.27. The summed E-state index contributed by atoms with van der Waals surface area (Å²) in [6.07, 6.45) is -3.40. The van der Waals surface area contributed by atoms with Gasteiger partial charge in [0.05, 0.1) is 12.6 Å². The Balaban J connectivity index is 1.45. The van der Waals surface area contributed by atoms with E-state index in [9.17, 15) is 29.3 Å². The molecule has 15 nitrogen and oxygen atoms in total. The Morgan fingerprint density at radius 1 is 1.42 bits per heavy atom. The minimum Gasteiger partial charge on any atom is -0.387 e. The summed E-state index contributed by atoms with van der Waals surface area (Å²) in [6, 6.07) is -0.591. The topological polar surface area (TPSA) is 227 Å². The van der Waals surface area contributed by atoms with Gasteiger partial charge in [0.2, 0.25) is 5.91 Å². The van der Waals surface area contributed by atoms with Gasteiger partial charge >= 0.3 is 13.4 Å². The number of imidazole rings is 1. The third kappa shape index (κ3) is 4.21. The summed E-state index contributed by atoms with van der Waals surface area (Å²) in [5.74, 6) is -0.681. The molecule has 0 radical (unpaired) electrons. The van der Waals surface area contributed by atoms with Crippen molar-refractivity contribution in [1.29, 1.82) is 0 Å². The molecule has 8 N–H and O–H groups in total. The average molecular weight is 459 g/mol. The van der Waals surface area contributed by atoms with Crippen LogP contribution >= 0.6 is 7.75 Å². The number of hydrogen-bond donors (Lipinski definition) is 7. The van der Waals surface area contributed by atoms with Crippen molar-refractivity contribution in [2.75, 3.05) is 18.9 Å². The normalized spacial score (nSPS) is 30.5. The molecule has 6 unspecified atom stereocenters. The van der Waals surface area contributed by atoms with Crippen LogP contribution in [0.4, 0.5) is 5.82 Å². The number of aliphatic hydroxyl groups is 2. The summed E-state index contributed by atoms with van der Waals surface area (Å²) in [5.41, 5.74) is 5.15. The molecule has 170 valence electrons. The number of anilines is 1. The number of carbonyl (C=O) groups excluding carboxylic acids is 1. The van der Waals surface area contributed by atoms with Crippen LogP contribution in [0.25, 0.3) is 11.2 Å². The zero-order valence-electron chi connectivity index (χ0n) is 16.0. The van der Waals surface area contributed by atoms with Gasteiger partial charge in [0.25, 0.3) is 0 Å². The Kier molecular flexibility index (Phi) is 5.83. The lowest BCUT2D eigenvalue weighted by Gasteiger charge is -2.19. The minimum atomic E-state index is -4.56. The van der Waals surface area contributed by atoms with Crippen LogP contribution < -0.4 is 21.8 Å². The Labute approximate surface area is 174 Å². The fourth-order valence-corrected chi connectivity index (χ4v) is 4.45. The van der Waals surface area contributed by atoms with E-state index in [-0.39, 0.29) is 17.0 Å². The number of rotatable bonds is 6. The van der Waals surface area contributed by atoms with Gasteiger partial charge in [-0.25, -0.2) is 23.9 Å². The summed E-state index contributed by atoms with van der Waals surface area (Å²) in [4.78, 5) is 44.4. The smallest absolute Gasteiger partial charge is 0.387 e. The van der Waals surface area contributed by atoms with Gasteiger partial charge in [-0.1, -0.05) is 0 Å². The quantitative estimate of drug-likeness (QED) is 0.219. The van der Waals surface area contributed by atoms with Crippen molar-refractivity contribution in [3.63, 3.8) is 0 Å². The summed E-state index contributed by atoms with van der Waals surface area (Å²) in [6.45, 7) is -0.0189. The fraction of sp³-hybridized carbons (Fsp3) is 0.600. The zero-order valence-corrected chi connectivity index (χ0v) is 16.9. The van der Waals surface area contributed by atoms with Crippen LogP contribution in [-0.2, 0) is 18.6 Å². The molecule has 2 saturated heterocycles. The Morgan fingerprint density at radius 2 is 2.19 bits per heavy atom. The molecule has 2 aromatic rings. The summed E-state index contributed by atoms with van der Waals surface area (Å²) < 4.78 is 23.5. The number of nitrogens with zero attached hydrogens (tertiary/aromatic N) is 3. The van der Waals surface area contributed by atoms with Crippen molar-refractivity contribution >= 4 is 30.6 Å². The van der Waals surface area contributed by atoms with Gasteiger partial charge < -0.3 is 35.9 Å². The van der Waals surface area contributed by atoms with Crippen molar-refractivity contribution in [1.82, 2.24) is 29.9 Å². The van der Waals surface area contributed by atoms with Gasteiger partial charge in [0.15, 0.2) is 17.7 Å². The molecule has 0 aromatic carbocycles. The van der Waals surface area contributed by atoms with Crippen LogP contribution in [0.15, 0.2) is 11.1 Å². The maximum atomic E-state index is 12.3. The molecule has 2 aliphatic heterocycles. The maximum absolute atomic E-state index is 12.3. The number of fused-ring (bicyclic) bond motifs is 1. The molecular weight excluding hydrogens is 437 g/mol. The first kappa shape index (κ1) is 21.8. The van der Waals surface area contributed by atoms with E-state index in [0.29, 0.717) is 13.0 Å². The number of nitrogens with one attached hydrogen (secondary N) is 3. The number of aromatic amines is 1. The van der Waals surface area contributed by atoms with Crippen molar-refractivity contribution in [3.8, 4) is 0 Å². The first-order valence-corrected chi connectivity index (χ1v) is 11.0. The van der Waals surface area contributed by atoms with Crippen LogP contribution in [0.1, 0.15) is 19.1 Å². The predicted octanol–water partition coefficient (Wildman–Crippen LogP) is -2.69. The molecule has 2 aliphatic rings. The highest BCUT2D eigenvalue weighted by Crippen LogP contribution is 2.39. The summed E-state index contributed by atoms with van der Waals surface area (Å²) >= 11 is 0. The van der Waals surface area contributed by atoms with Crippen LogP contribution in [0.5, 0.6) is 0 Å². The number of nitrogen functional groups attached to an aromatic ring is 1. The highest BCUT2D eigenvalue weighted by molar-refractivity contribution is 7.51. The Morgan fingerprint density at radius 3 is 2.90 bits per heavy atom. The SMILES string of the molecule is Nc1ncnc2c1[nH]c(=O)n2C1OC(COP(=O)(O)NC(=O)C2CCCN2)C(O)C1O. The van der Waals surface area contributed by atoms with E-state index in [0.717, 1.165) is 17.3 Å². The maximum Gasteiger partial charge on any atom is 0.432 e. The van der Waals surface area contributed by atoms with Gasteiger partial charge in [-0.15, -0.1) is 0 Å². The van der Waals surface area contributed by atoms with E-state index in [1.165, 1.54) is 0 Å². The molecule has 16 heteroatoms. The molecule has 6 atom stereocenters. The average Bonchev–Trinajstić information content (AvgIpc) is 3.41. The second-order valence-corrected chi connectivity index (χ2v) is 8.77. The van der Waals surface area contributed by atoms with Gasteiger partial charge in [0.1, 0.15) is 30.2 Å². The van der Waals surface area contributed by atoms with Crippen molar-refractivity contribution in [2.45, 2.75) is 43.4 Å². The molecule has 0 aliphatic carbocycles. The number of aromatic nitrogens is 4. The number of carbonyl (C=O) groups is 1. The molecular formula is C15H22N7O8P. The third-order valence-corrected chi connectivity index (χ3v) is 6.17. The Hall–Kier alpha value is -2.39. The predicted molar refractivity (Wildman–Crippen MR) is 103 cm³/mol. The number of aliphatic hydroxyl groups excluding tert-OH is 2. The van der Waals surface area contributed by atoms with Crippen LogP contribution in [0.2, 0.25) is 0 Å². The van der Waals surface area contributed by atoms with Gasteiger partial charge in [-0.2, -0.15) is 0 Å². The van der Waals surface area contributed by atoms with E-state index in [4.69, 9.17) is 15.0 Å². The lowest BCUT2D eigenvalue weighted by Crippen LogP contribution is -2.39. The van der Waals surface area contributed by atoms with Gasteiger partial charge in [-0.05, 0) is 19.4 Å². The van der Waals surface area contributed by atoms with E-state index >= 15 is 0 Å². The largest absolute Gasteiger partial charge is 0.432 e. The van der Waals surface area contributed by atoms with Crippen molar-refractivity contribution in [3.05, 3.63) is 16.8 Å². The Bertz CT molecular complexity index is 1080. The summed E-state index contributed by atoms with van der Waals surface area (Å²) in [7, 11) is -4.56. The third-order valence-electron chi connectivity index (χ3n) is 5.17. The molecule has 31 heavy (non-hydrogen) atoms. The van der Waals surface area contributed by atoms with Crippen LogP contribution in [0.3, 0.4) is 0 Å². The van der Waals surface area contributed by atoms with E-state index in [1.807, 2.05) is 5.09 Å². The number of hydrogen-bond acceptors (Lipinski definition) is 11. The number of nitrogens with two attached hydrogens (primary N) is 1. The highest BCUT2D eigenvalue weighted by Gasteiger charge is 2.46. The van der Waals surface area contributed by atoms with Crippen LogP contribution in [-0.4, -0.2) is 78.0 Å². The lowest BCUT2D eigenvalue weighted by molar-refractivity contribution is -0.121. The standard InChI is InChI=1S/C15H22N7O8P/c16-11-8-12(19-5-18-11)22(15(26)20-8)14-10(24)9(23)7(30-14)4-29-31(27,28)21-13(25)6-2-1-3-17-6/h5-7,9-10,14,17,23-24H,1-4H2,(H,20,26)(H2,16,18,19)(H2,21,25,27,28). The van der Waals surface area contributed by atoms with Gasteiger partial charge in [0, 0.05) is 0 Å². The van der Waals surface area contributed by atoms with Crippen molar-refractivity contribution in [2.24, 2.45) is 0 Å². The van der Waals surface area contributed by atoms with E-state index < -0.39 is 56.5 Å². The molecule has 4 heterocycles. The number of amides is 1. The minimum absolute atomic E-state index is 0.00230.